The Morgan fingerprint density at radius 2 is 1.61 bits per heavy atom. The monoisotopic (exact) mass is 709 g/mol. The van der Waals surface area contributed by atoms with Crippen molar-refractivity contribution in [2.24, 2.45) is 11.8 Å². The molecule has 3 atom stereocenters. The average Bonchev–Trinajstić information content (AvgIpc) is 3.60. The number of likely N-dealkylation sites (tertiary alicyclic amines) is 2. The van der Waals surface area contributed by atoms with Gasteiger partial charge in [0.15, 0.2) is 0 Å². The number of hydrogen-bond acceptors (Lipinski definition) is 10. The van der Waals surface area contributed by atoms with Crippen LogP contribution in [0.15, 0.2) is 6.07 Å². The number of halogens is 1. The number of piperidine rings is 2. The number of rotatable bonds is 18. The predicted octanol–water partition coefficient (Wildman–Crippen LogP) is 1.46. The van der Waals surface area contributed by atoms with E-state index in [4.69, 9.17) is 27.2 Å². The van der Waals surface area contributed by atoms with Crippen LogP contribution in [0.5, 0.6) is 5.75 Å². The van der Waals surface area contributed by atoms with Crippen LogP contribution in [0.1, 0.15) is 86.6 Å². The molecular weight excluding hydrogens is 654 g/mol. The molecule has 0 bridgehead atoms. The average molecular weight is 710 g/mol. The number of fused-ring (bicyclic) bond motifs is 1. The zero-order valence-corrected chi connectivity index (χ0v) is 29.3. The lowest BCUT2D eigenvalue weighted by molar-refractivity contribution is -0.132. The van der Waals surface area contributed by atoms with E-state index in [0.29, 0.717) is 66.3 Å². The minimum Gasteiger partial charge on any atom is -0.492 e. The molecule has 3 aliphatic heterocycles. The molecule has 1 aromatic carbocycles. The quantitative estimate of drug-likeness (QED) is 0.0866. The second kappa shape index (κ2) is 19.6. The zero-order valence-electron chi connectivity index (χ0n) is 28.6. The first-order chi connectivity index (χ1) is 23.6. The smallest absolute Gasteiger partial charge is 0.255 e. The van der Waals surface area contributed by atoms with Gasteiger partial charge in [0.25, 0.3) is 5.91 Å². The van der Waals surface area contributed by atoms with Gasteiger partial charge in [0.05, 0.1) is 35.1 Å². The van der Waals surface area contributed by atoms with E-state index in [1.54, 1.807) is 6.07 Å². The molecule has 4 rings (SSSR count). The summed E-state index contributed by atoms with van der Waals surface area (Å²) >= 11 is 6.27. The first kappa shape index (κ1) is 39.1. The van der Waals surface area contributed by atoms with Gasteiger partial charge in [-0.1, -0.05) is 24.4 Å². The Hall–Kier alpha value is -2.68. The van der Waals surface area contributed by atoms with E-state index in [2.05, 4.69) is 15.5 Å². The lowest BCUT2D eigenvalue weighted by Crippen LogP contribution is -2.44. The van der Waals surface area contributed by atoms with Crippen molar-refractivity contribution in [2.45, 2.75) is 95.4 Å². The third-order valence-electron chi connectivity index (χ3n) is 10.2. The van der Waals surface area contributed by atoms with Crippen LogP contribution in [0.25, 0.3) is 0 Å². The van der Waals surface area contributed by atoms with Gasteiger partial charge < -0.3 is 51.3 Å². The number of amides is 3. The zero-order chi connectivity index (χ0) is 35.3. The number of ether oxygens (including phenoxy) is 1. The van der Waals surface area contributed by atoms with Gasteiger partial charge in [-0.05, 0) is 75.9 Å². The van der Waals surface area contributed by atoms with Crippen LogP contribution in [0.4, 0.5) is 5.69 Å². The molecule has 2 fully saturated rings. The Labute approximate surface area is 294 Å². The first-order valence-electron chi connectivity index (χ1n) is 18.0. The van der Waals surface area contributed by atoms with Crippen molar-refractivity contribution < 1.29 is 39.5 Å². The maximum Gasteiger partial charge on any atom is 0.255 e. The number of nitrogens with two attached hydrogens (primary N) is 1. The van der Waals surface area contributed by atoms with Crippen LogP contribution >= 0.6 is 11.6 Å². The van der Waals surface area contributed by atoms with Gasteiger partial charge in [-0.3, -0.25) is 14.4 Å². The van der Waals surface area contributed by atoms with Crippen molar-refractivity contribution in [3.8, 4) is 5.75 Å². The number of aliphatic hydroxyl groups excluding tert-OH is 4. The molecule has 0 saturated carbocycles. The van der Waals surface area contributed by atoms with Crippen LogP contribution in [0.3, 0.4) is 0 Å². The number of benzene rings is 1. The maximum atomic E-state index is 13.0. The molecular formula is C35H56ClN5O8. The minimum absolute atomic E-state index is 0.0546. The summed E-state index contributed by atoms with van der Waals surface area (Å²) in [7, 11) is 0. The number of anilines is 1. The van der Waals surface area contributed by atoms with Gasteiger partial charge in [-0.25, -0.2) is 0 Å². The van der Waals surface area contributed by atoms with Crippen molar-refractivity contribution in [3.63, 3.8) is 0 Å². The normalized spacial score (nSPS) is 19.2. The molecule has 8 N–H and O–H groups in total. The van der Waals surface area contributed by atoms with Crippen molar-refractivity contribution in [2.75, 3.05) is 64.8 Å². The Morgan fingerprint density at radius 3 is 2.31 bits per heavy atom. The molecule has 276 valence electrons. The summed E-state index contributed by atoms with van der Waals surface area (Å²) in [5.41, 5.74) is 7.84. The van der Waals surface area contributed by atoms with Crippen molar-refractivity contribution in [3.05, 3.63) is 22.2 Å². The van der Waals surface area contributed by atoms with Crippen molar-refractivity contribution >= 4 is 35.0 Å². The lowest BCUT2D eigenvalue weighted by atomic mass is 9.92. The Kier molecular flexibility index (Phi) is 15.7. The lowest BCUT2D eigenvalue weighted by Gasteiger charge is -2.37. The topological polar surface area (TPSA) is 198 Å². The van der Waals surface area contributed by atoms with E-state index >= 15 is 0 Å². The summed E-state index contributed by atoms with van der Waals surface area (Å²) in [5.74, 6) is 1.36. The van der Waals surface area contributed by atoms with Crippen LogP contribution in [-0.2, 0) is 16.0 Å². The fourth-order valence-electron chi connectivity index (χ4n) is 7.03. The van der Waals surface area contributed by atoms with E-state index in [1.165, 1.54) is 0 Å². The van der Waals surface area contributed by atoms with Crippen LogP contribution in [0.2, 0.25) is 5.02 Å². The number of hydrogen-bond donors (Lipinski definition) is 7. The van der Waals surface area contributed by atoms with Crippen molar-refractivity contribution in [1.82, 2.24) is 20.4 Å². The number of unbranched alkanes of at least 4 members (excludes halogenated alkanes) is 3. The van der Waals surface area contributed by atoms with E-state index in [1.807, 2.05) is 4.90 Å². The molecule has 49 heavy (non-hydrogen) atoms. The Balaban J connectivity index is 1.01. The highest BCUT2D eigenvalue weighted by atomic mass is 35.5. The molecule has 0 spiro atoms. The first-order valence-corrected chi connectivity index (χ1v) is 18.4. The third kappa shape index (κ3) is 11.7. The molecule has 2 saturated heterocycles. The third-order valence-corrected chi connectivity index (χ3v) is 10.5. The van der Waals surface area contributed by atoms with Crippen LogP contribution < -0.4 is 21.1 Å². The summed E-state index contributed by atoms with van der Waals surface area (Å²) in [6.45, 7) is 5.31. The predicted molar refractivity (Wildman–Crippen MR) is 186 cm³/mol. The molecule has 0 radical (unpaired) electrons. The number of nitrogens with one attached hydrogen (secondary N) is 2. The Bertz CT molecular complexity index is 1240. The largest absolute Gasteiger partial charge is 0.492 e. The van der Waals surface area contributed by atoms with E-state index in [0.717, 1.165) is 83.2 Å². The number of carbonyl (C=O) groups is 3. The van der Waals surface area contributed by atoms with Gasteiger partial charge >= 0.3 is 0 Å². The fraction of sp³-hybridized carbons (Fsp3) is 0.743. The highest BCUT2D eigenvalue weighted by molar-refractivity contribution is 6.33. The molecule has 1 aromatic rings. The van der Waals surface area contributed by atoms with Gasteiger partial charge in [0.2, 0.25) is 11.8 Å². The van der Waals surface area contributed by atoms with Gasteiger partial charge in [-0.2, -0.15) is 0 Å². The highest BCUT2D eigenvalue weighted by Crippen LogP contribution is 2.38. The SMILES string of the molecule is Nc1c(Cl)cc(C(=O)NCC2CCN(CC3CCN(C(=O)CCCCCCC(=O)NCC(O)C(O)C(O)CCO)CC3)CC2)c2c1CCO2. The van der Waals surface area contributed by atoms with Crippen LogP contribution in [0, 0.1) is 11.8 Å². The minimum atomic E-state index is -1.44. The number of nitrogen functional groups attached to an aromatic ring is 1. The standard InChI is InChI=1S/C35H56ClN5O8/c36-27-19-26(34-25(32(27)37)12-18-49-34)35(48)39-20-23-7-13-40(14-8-23)22-24-9-15-41(16-10-24)31(46)6-4-2-1-3-5-30(45)38-21-29(44)33(47)28(43)11-17-42/h19,23-24,28-29,33,42-44,47H,1-18,20-22,37H2,(H,38,45)(H,39,48). The van der Waals surface area contributed by atoms with E-state index < -0.39 is 18.3 Å². The molecule has 0 aliphatic carbocycles. The van der Waals surface area contributed by atoms with Gasteiger partial charge in [0.1, 0.15) is 11.9 Å². The maximum absolute atomic E-state index is 13.0. The second-order valence-corrected chi connectivity index (χ2v) is 14.3. The van der Waals surface area contributed by atoms with E-state index in [-0.39, 0.29) is 43.7 Å². The fourth-order valence-corrected chi connectivity index (χ4v) is 7.26. The molecule has 3 heterocycles. The summed E-state index contributed by atoms with van der Waals surface area (Å²) in [4.78, 5) is 42.3. The molecule has 3 unspecified atom stereocenters. The molecule has 3 amide bonds. The van der Waals surface area contributed by atoms with Gasteiger partial charge in [-0.15, -0.1) is 0 Å². The molecule has 3 aliphatic rings. The highest BCUT2D eigenvalue weighted by Gasteiger charge is 2.29. The van der Waals surface area contributed by atoms with Crippen LogP contribution in [-0.4, -0.2) is 125 Å². The Morgan fingerprint density at radius 1 is 0.939 bits per heavy atom. The molecule has 14 heteroatoms. The molecule has 13 nitrogen and oxygen atoms in total. The summed E-state index contributed by atoms with van der Waals surface area (Å²) < 4.78 is 5.69. The van der Waals surface area contributed by atoms with Crippen molar-refractivity contribution in [1.29, 1.82) is 0 Å². The number of nitrogens with zero attached hydrogens (tertiary/aromatic N) is 2. The summed E-state index contributed by atoms with van der Waals surface area (Å²) in [6, 6.07) is 1.60. The van der Waals surface area contributed by atoms with E-state index in [9.17, 15) is 29.7 Å². The second-order valence-electron chi connectivity index (χ2n) is 13.9. The summed E-state index contributed by atoms with van der Waals surface area (Å²) in [6.07, 6.45) is 4.62. The number of carbonyl (C=O) groups excluding carboxylic acids is 3. The van der Waals surface area contributed by atoms with Gasteiger partial charge in [0, 0.05) is 64.2 Å². The number of aliphatic hydroxyl groups is 4. The summed E-state index contributed by atoms with van der Waals surface area (Å²) in [5, 5.41) is 44.2. The molecule has 0 aromatic heterocycles.